The van der Waals surface area contributed by atoms with Crippen LogP contribution in [0.4, 0.5) is 0 Å². The van der Waals surface area contributed by atoms with Gasteiger partial charge in [-0.15, -0.1) is 0 Å². The van der Waals surface area contributed by atoms with E-state index in [1.807, 2.05) is 0 Å². The normalized spacial score (nSPS) is 11.0. The molecule has 130 valence electrons. The Morgan fingerprint density at radius 2 is 2.08 bits per heavy atom. The summed E-state index contributed by atoms with van der Waals surface area (Å²) in [5.74, 6) is -0.282. The van der Waals surface area contributed by atoms with Crippen LogP contribution in [0.15, 0.2) is 27.9 Å². The summed E-state index contributed by atoms with van der Waals surface area (Å²) in [5, 5.41) is 7.25. The topological polar surface area (TPSA) is 115 Å². The molecule has 0 aliphatic carbocycles. The van der Waals surface area contributed by atoms with E-state index in [-0.39, 0.29) is 24.6 Å². The molecule has 0 saturated carbocycles. The molecule has 9 nitrogen and oxygen atoms in total. The third-order valence-corrected chi connectivity index (χ3v) is 4.11. The van der Waals surface area contributed by atoms with Crippen molar-refractivity contribution in [2.45, 2.75) is 20.4 Å². The Bertz CT molecular complexity index is 1080. The first-order chi connectivity index (χ1) is 11.9. The first-order valence-electron chi connectivity index (χ1n) is 7.76. The van der Waals surface area contributed by atoms with E-state index in [1.165, 1.54) is 6.20 Å². The predicted octanol–water partition coefficient (Wildman–Crippen LogP) is -0.135. The number of pyridine rings is 1. The van der Waals surface area contributed by atoms with E-state index in [2.05, 4.69) is 20.4 Å². The molecule has 9 heteroatoms. The van der Waals surface area contributed by atoms with E-state index in [0.29, 0.717) is 16.6 Å². The standard InChI is InChI=1S/C16H18N6O3/c1-9-12(10(2)21(3)20-9)14(23)18-7-8-22-15(24)11-5-4-6-17-13(11)19-16(22)25/h4-6H,7-8H2,1-3H3,(H,18,23)(H,17,19,25). The summed E-state index contributed by atoms with van der Waals surface area (Å²) >= 11 is 0. The summed E-state index contributed by atoms with van der Waals surface area (Å²) in [5.41, 5.74) is 1.14. The molecule has 0 radical (unpaired) electrons. The number of hydrogen-bond donors (Lipinski definition) is 2. The zero-order valence-corrected chi connectivity index (χ0v) is 14.2. The fraction of sp³-hybridized carbons (Fsp3) is 0.312. The van der Waals surface area contributed by atoms with Gasteiger partial charge in [0.2, 0.25) is 0 Å². The number of amides is 1. The summed E-state index contributed by atoms with van der Waals surface area (Å²) in [6.07, 6.45) is 1.50. The van der Waals surface area contributed by atoms with Crippen molar-refractivity contribution >= 4 is 16.9 Å². The molecule has 0 aliphatic rings. The molecule has 0 saturated heterocycles. The summed E-state index contributed by atoms with van der Waals surface area (Å²) in [6, 6.07) is 3.22. The number of carbonyl (C=O) groups is 1. The third kappa shape index (κ3) is 2.95. The van der Waals surface area contributed by atoms with Crippen LogP contribution in [0.5, 0.6) is 0 Å². The molecule has 0 atom stereocenters. The van der Waals surface area contributed by atoms with Crippen LogP contribution in [0, 0.1) is 13.8 Å². The van der Waals surface area contributed by atoms with Crippen LogP contribution >= 0.6 is 0 Å². The van der Waals surface area contributed by atoms with Gasteiger partial charge in [-0.05, 0) is 26.0 Å². The Labute approximate surface area is 142 Å². The third-order valence-electron chi connectivity index (χ3n) is 4.11. The van der Waals surface area contributed by atoms with Gasteiger partial charge >= 0.3 is 5.69 Å². The Balaban J connectivity index is 1.79. The number of fused-ring (bicyclic) bond motifs is 1. The quantitative estimate of drug-likeness (QED) is 0.685. The van der Waals surface area contributed by atoms with Gasteiger partial charge in [0.05, 0.1) is 16.6 Å². The molecule has 0 fully saturated rings. The molecule has 0 spiro atoms. The van der Waals surface area contributed by atoms with Crippen molar-refractivity contribution in [3.8, 4) is 0 Å². The van der Waals surface area contributed by atoms with E-state index in [9.17, 15) is 14.4 Å². The number of carbonyl (C=O) groups excluding carboxylic acids is 1. The second-order valence-electron chi connectivity index (χ2n) is 5.71. The van der Waals surface area contributed by atoms with Gasteiger partial charge in [-0.2, -0.15) is 5.10 Å². The van der Waals surface area contributed by atoms with E-state index in [0.717, 1.165) is 10.3 Å². The zero-order valence-electron chi connectivity index (χ0n) is 14.2. The maximum atomic E-state index is 12.4. The van der Waals surface area contributed by atoms with Crippen LogP contribution in [-0.4, -0.2) is 36.8 Å². The van der Waals surface area contributed by atoms with Crippen molar-refractivity contribution in [3.63, 3.8) is 0 Å². The van der Waals surface area contributed by atoms with Gasteiger partial charge in [0.25, 0.3) is 11.5 Å². The average molecular weight is 342 g/mol. The van der Waals surface area contributed by atoms with Gasteiger partial charge in [0.1, 0.15) is 5.65 Å². The van der Waals surface area contributed by atoms with Gasteiger partial charge in [0, 0.05) is 32.0 Å². The molecular weight excluding hydrogens is 324 g/mol. The Morgan fingerprint density at radius 3 is 2.76 bits per heavy atom. The second-order valence-corrected chi connectivity index (χ2v) is 5.71. The monoisotopic (exact) mass is 342 g/mol. The van der Waals surface area contributed by atoms with Crippen LogP contribution in [0.1, 0.15) is 21.7 Å². The molecule has 0 aromatic carbocycles. The van der Waals surface area contributed by atoms with Gasteiger partial charge in [-0.3, -0.25) is 23.8 Å². The molecular formula is C16H18N6O3. The molecule has 0 unspecified atom stereocenters. The number of H-pyrrole nitrogens is 1. The van der Waals surface area contributed by atoms with Crippen molar-refractivity contribution in [2.24, 2.45) is 7.05 Å². The minimum Gasteiger partial charge on any atom is -0.350 e. The maximum Gasteiger partial charge on any atom is 0.330 e. The molecule has 0 aliphatic heterocycles. The Morgan fingerprint density at radius 1 is 1.32 bits per heavy atom. The largest absolute Gasteiger partial charge is 0.350 e. The first kappa shape index (κ1) is 16.6. The van der Waals surface area contributed by atoms with Crippen LogP contribution in [0.2, 0.25) is 0 Å². The van der Waals surface area contributed by atoms with Crippen molar-refractivity contribution in [1.29, 1.82) is 0 Å². The SMILES string of the molecule is Cc1nn(C)c(C)c1C(=O)NCCn1c(=O)[nH]c2ncccc2c1=O. The smallest absolute Gasteiger partial charge is 0.330 e. The number of nitrogens with one attached hydrogen (secondary N) is 2. The highest BCUT2D eigenvalue weighted by atomic mass is 16.2. The molecule has 3 rings (SSSR count). The minimum atomic E-state index is -0.556. The minimum absolute atomic E-state index is 0.0586. The van der Waals surface area contributed by atoms with Crippen LogP contribution in [-0.2, 0) is 13.6 Å². The van der Waals surface area contributed by atoms with Gasteiger partial charge in [0.15, 0.2) is 0 Å². The van der Waals surface area contributed by atoms with Crippen molar-refractivity contribution in [2.75, 3.05) is 6.54 Å². The molecule has 0 bridgehead atoms. The van der Waals surface area contributed by atoms with Crippen LogP contribution in [0.25, 0.3) is 11.0 Å². The number of aryl methyl sites for hydroxylation is 2. The zero-order chi connectivity index (χ0) is 18.1. The van der Waals surface area contributed by atoms with E-state index in [4.69, 9.17) is 0 Å². The average Bonchev–Trinajstić information content (AvgIpc) is 2.83. The number of rotatable bonds is 4. The number of hydrogen-bond acceptors (Lipinski definition) is 5. The molecule has 1 amide bonds. The molecule has 3 aromatic rings. The summed E-state index contributed by atoms with van der Waals surface area (Å²) in [7, 11) is 1.77. The second kappa shape index (κ2) is 6.34. The Kier molecular flexibility index (Phi) is 4.22. The molecule has 3 heterocycles. The lowest BCUT2D eigenvalue weighted by molar-refractivity contribution is 0.0950. The maximum absolute atomic E-state index is 12.4. The van der Waals surface area contributed by atoms with Crippen molar-refractivity contribution < 1.29 is 4.79 Å². The fourth-order valence-corrected chi connectivity index (χ4v) is 2.76. The first-order valence-corrected chi connectivity index (χ1v) is 7.76. The van der Waals surface area contributed by atoms with Gasteiger partial charge in [-0.1, -0.05) is 0 Å². The highest BCUT2D eigenvalue weighted by Crippen LogP contribution is 2.11. The highest BCUT2D eigenvalue weighted by Gasteiger charge is 2.17. The van der Waals surface area contributed by atoms with E-state index < -0.39 is 11.2 Å². The summed E-state index contributed by atoms with van der Waals surface area (Å²) in [6.45, 7) is 3.76. The molecule has 25 heavy (non-hydrogen) atoms. The van der Waals surface area contributed by atoms with Gasteiger partial charge < -0.3 is 5.32 Å². The molecule has 3 aromatic heterocycles. The number of aromatic nitrogens is 5. The lowest BCUT2D eigenvalue weighted by Crippen LogP contribution is -2.39. The van der Waals surface area contributed by atoms with E-state index in [1.54, 1.807) is 37.7 Å². The summed E-state index contributed by atoms with van der Waals surface area (Å²) < 4.78 is 2.68. The van der Waals surface area contributed by atoms with Crippen molar-refractivity contribution in [1.82, 2.24) is 29.6 Å². The van der Waals surface area contributed by atoms with Crippen molar-refractivity contribution in [3.05, 3.63) is 56.1 Å². The van der Waals surface area contributed by atoms with Gasteiger partial charge in [-0.25, -0.2) is 9.78 Å². The number of aromatic amines is 1. The number of nitrogens with zero attached hydrogens (tertiary/aromatic N) is 4. The predicted molar refractivity (Wildman–Crippen MR) is 91.6 cm³/mol. The summed E-state index contributed by atoms with van der Waals surface area (Å²) in [4.78, 5) is 43.3. The van der Waals surface area contributed by atoms with Crippen LogP contribution in [0.3, 0.4) is 0 Å². The van der Waals surface area contributed by atoms with Crippen LogP contribution < -0.4 is 16.6 Å². The fourth-order valence-electron chi connectivity index (χ4n) is 2.76. The lowest BCUT2D eigenvalue weighted by Gasteiger charge is -2.08. The lowest BCUT2D eigenvalue weighted by atomic mass is 10.2. The Hall–Kier alpha value is -3.23. The molecule has 2 N–H and O–H groups in total. The van der Waals surface area contributed by atoms with E-state index >= 15 is 0 Å². The highest BCUT2D eigenvalue weighted by molar-refractivity contribution is 5.96.